The Morgan fingerprint density at radius 1 is 1.23 bits per heavy atom. The summed E-state index contributed by atoms with van der Waals surface area (Å²) in [7, 11) is -3.03. The molecule has 0 spiro atoms. The van der Waals surface area contributed by atoms with Crippen molar-refractivity contribution in [3.05, 3.63) is 0 Å². The van der Waals surface area contributed by atoms with Crippen LogP contribution in [0.15, 0.2) is 0 Å². The van der Waals surface area contributed by atoms with Crippen molar-refractivity contribution in [3.63, 3.8) is 0 Å². The van der Waals surface area contributed by atoms with Gasteiger partial charge < -0.3 is 5.11 Å². The number of nitrogens with zero attached hydrogens (tertiary/aromatic N) is 1. The summed E-state index contributed by atoms with van der Waals surface area (Å²) in [6.45, 7) is 0.601. The highest BCUT2D eigenvalue weighted by Crippen LogP contribution is 2.29. The largest absolute Gasteiger partial charge is 0.391 e. The van der Waals surface area contributed by atoms with Gasteiger partial charge in [0.25, 0.3) is 0 Å². The number of rotatable bonds is 1. The molecule has 0 radical (unpaired) electrons. The zero-order valence-corrected chi connectivity index (χ0v) is 8.33. The molecular weight excluding hydrogens is 190 g/mol. The molecule has 0 aromatic carbocycles. The highest BCUT2D eigenvalue weighted by molar-refractivity contribution is 7.89. The molecule has 0 aromatic rings. The SMILES string of the molecule is O=S1(=O)CCCN1[C@H]1CCC[C@@H]1O. The van der Waals surface area contributed by atoms with E-state index in [4.69, 9.17) is 0 Å². The van der Waals surface area contributed by atoms with Crippen LogP contribution in [0, 0.1) is 0 Å². The number of sulfonamides is 1. The summed E-state index contributed by atoms with van der Waals surface area (Å²) in [5.41, 5.74) is 0. The lowest BCUT2D eigenvalue weighted by molar-refractivity contribution is 0.117. The molecule has 1 saturated heterocycles. The summed E-state index contributed by atoms with van der Waals surface area (Å²) >= 11 is 0. The van der Waals surface area contributed by atoms with Crippen LogP contribution in [0.4, 0.5) is 0 Å². The molecular formula is C8H15NO3S. The van der Waals surface area contributed by atoms with Gasteiger partial charge in [0.2, 0.25) is 10.0 Å². The molecule has 1 aliphatic carbocycles. The summed E-state index contributed by atoms with van der Waals surface area (Å²) in [6.07, 6.45) is 2.79. The van der Waals surface area contributed by atoms with E-state index in [1.165, 1.54) is 4.31 Å². The summed E-state index contributed by atoms with van der Waals surface area (Å²) in [5, 5.41) is 9.58. The third-order valence-corrected chi connectivity index (χ3v) is 4.92. The molecule has 2 rings (SSSR count). The van der Waals surface area contributed by atoms with Crippen LogP contribution in [-0.2, 0) is 10.0 Å². The third kappa shape index (κ3) is 1.60. The molecule has 13 heavy (non-hydrogen) atoms. The fourth-order valence-electron chi connectivity index (χ4n) is 2.29. The number of aliphatic hydroxyl groups is 1. The third-order valence-electron chi connectivity index (χ3n) is 2.95. The predicted octanol–water partition coefficient (Wildman–Crippen LogP) is -0.0647. The Bertz CT molecular complexity index is 288. The van der Waals surface area contributed by atoms with E-state index < -0.39 is 16.1 Å². The number of hydrogen-bond donors (Lipinski definition) is 1. The Balaban J connectivity index is 2.16. The lowest BCUT2D eigenvalue weighted by atomic mass is 10.2. The van der Waals surface area contributed by atoms with E-state index in [1.54, 1.807) is 0 Å². The molecule has 2 atom stereocenters. The van der Waals surface area contributed by atoms with E-state index in [0.29, 0.717) is 13.0 Å². The monoisotopic (exact) mass is 205 g/mol. The lowest BCUT2D eigenvalue weighted by Gasteiger charge is -2.24. The first kappa shape index (κ1) is 9.43. The second-order valence-electron chi connectivity index (χ2n) is 3.85. The minimum absolute atomic E-state index is 0.132. The molecule has 0 amide bonds. The molecule has 2 aliphatic rings. The first-order valence-electron chi connectivity index (χ1n) is 4.79. The maximum Gasteiger partial charge on any atom is 0.214 e. The van der Waals surface area contributed by atoms with Crippen molar-refractivity contribution in [1.29, 1.82) is 0 Å². The average molecular weight is 205 g/mol. The van der Waals surface area contributed by atoms with Gasteiger partial charge in [-0.15, -0.1) is 0 Å². The molecule has 2 fully saturated rings. The van der Waals surface area contributed by atoms with Gasteiger partial charge in [0.1, 0.15) is 0 Å². The first-order chi connectivity index (χ1) is 6.11. The van der Waals surface area contributed by atoms with Crippen LogP contribution < -0.4 is 0 Å². The normalized spacial score (nSPS) is 39.8. The van der Waals surface area contributed by atoms with Gasteiger partial charge in [-0.05, 0) is 25.7 Å². The van der Waals surface area contributed by atoms with Crippen molar-refractivity contribution < 1.29 is 13.5 Å². The maximum atomic E-state index is 11.5. The fourth-order valence-corrected chi connectivity index (χ4v) is 4.08. The molecule has 0 unspecified atom stereocenters. The molecule has 0 bridgehead atoms. The number of hydrogen-bond acceptors (Lipinski definition) is 3. The van der Waals surface area contributed by atoms with E-state index in [1.807, 2.05) is 0 Å². The maximum absolute atomic E-state index is 11.5. The quantitative estimate of drug-likeness (QED) is 0.652. The zero-order chi connectivity index (χ0) is 9.47. The van der Waals surface area contributed by atoms with Gasteiger partial charge in [0, 0.05) is 6.54 Å². The lowest BCUT2D eigenvalue weighted by Crippen LogP contribution is -2.41. The summed E-state index contributed by atoms with van der Waals surface area (Å²) in [5.74, 6) is 0.260. The second-order valence-corrected chi connectivity index (χ2v) is 5.89. The van der Waals surface area contributed by atoms with E-state index in [-0.39, 0.29) is 11.8 Å². The molecule has 4 nitrogen and oxygen atoms in total. The van der Waals surface area contributed by atoms with Crippen LogP contribution in [0.5, 0.6) is 0 Å². The summed E-state index contributed by atoms with van der Waals surface area (Å²) in [6, 6.07) is -0.132. The molecule has 1 N–H and O–H groups in total. The van der Waals surface area contributed by atoms with Gasteiger partial charge in [-0.1, -0.05) is 0 Å². The predicted molar refractivity (Wildman–Crippen MR) is 48.8 cm³/mol. The molecule has 1 aliphatic heterocycles. The van der Waals surface area contributed by atoms with Crippen molar-refractivity contribution in [3.8, 4) is 0 Å². The Morgan fingerprint density at radius 2 is 2.00 bits per heavy atom. The van der Waals surface area contributed by atoms with Gasteiger partial charge in [-0.3, -0.25) is 0 Å². The molecule has 76 valence electrons. The van der Waals surface area contributed by atoms with E-state index in [0.717, 1.165) is 19.3 Å². The molecule has 1 saturated carbocycles. The second kappa shape index (κ2) is 3.22. The molecule has 1 heterocycles. The van der Waals surface area contributed by atoms with Gasteiger partial charge in [0.05, 0.1) is 17.9 Å². The smallest absolute Gasteiger partial charge is 0.214 e. The van der Waals surface area contributed by atoms with Crippen LogP contribution >= 0.6 is 0 Å². The van der Waals surface area contributed by atoms with Crippen LogP contribution in [0.25, 0.3) is 0 Å². The van der Waals surface area contributed by atoms with Gasteiger partial charge in [-0.25, -0.2) is 8.42 Å². The topological polar surface area (TPSA) is 57.6 Å². The highest BCUT2D eigenvalue weighted by Gasteiger charge is 2.39. The fraction of sp³-hybridized carbons (Fsp3) is 1.00. The van der Waals surface area contributed by atoms with E-state index >= 15 is 0 Å². The first-order valence-corrected chi connectivity index (χ1v) is 6.40. The van der Waals surface area contributed by atoms with Crippen molar-refractivity contribution in [2.75, 3.05) is 12.3 Å². The van der Waals surface area contributed by atoms with Crippen molar-refractivity contribution in [2.24, 2.45) is 0 Å². The molecule has 5 heteroatoms. The minimum Gasteiger partial charge on any atom is -0.391 e. The Labute approximate surface area is 78.6 Å². The Kier molecular flexibility index (Phi) is 2.33. The van der Waals surface area contributed by atoms with Crippen LogP contribution in [0.2, 0.25) is 0 Å². The van der Waals surface area contributed by atoms with Gasteiger partial charge >= 0.3 is 0 Å². The minimum atomic E-state index is -3.03. The highest BCUT2D eigenvalue weighted by atomic mass is 32.2. The molecule has 0 aromatic heterocycles. The van der Waals surface area contributed by atoms with E-state index in [9.17, 15) is 13.5 Å². The van der Waals surface area contributed by atoms with Crippen molar-refractivity contribution in [1.82, 2.24) is 4.31 Å². The Hall–Kier alpha value is -0.130. The van der Waals surface area contributed by atoms with Crippen LogP contribution in [0.1, 0.15) is 25.7 Å². The average Bonchev–Trinajstić information content (AvgIpc) is 2.56. The van der Waals surface area contributed by atoms with Crippen LogP contribution in [-0.4, -0.2) is 42.3 Å². The van der Waals surface area contributed by atoms with Crippen LogP contribution in [0.3, 0.4) is 0 Å². The van der Waals surface area contributed by atoms with Gasteiger partial charge in [-0.2, -0.15) is 4.31 Å². The van der Waals surface area contributed by atoms with Gasteiger partial charge in [0.15, 0.2) is 0 Å². The van der Waals surface area contributed by atoms with Crippen molar-refractivity contribution >= 4 is 10.0 Å². The van der Waals surface area contributed by atoms with Crippen molar-refractivity contribution in [2.45, 2.75) is 37.8 Å². The summed E-state index contributed by atoms with van der Waals surface area (Å²) < 4.78 is 24.5. The van der Waals surface area contributed by atoms with E-state index in [2.05, 4.69) is 0 Å². The zero-order valence-electron chi connectivity index (χ0n) is 7.52. The standard InChI is InChI=1S/C8H15NO3S/c10-8-4-1-3-7(8)9-5-2-6-13(9,11)12/h7-8,10H,1-6H2/t7-,8-/m0/s1. The summed E-state index contributed by atoms with van der Waals surface area (Å²) in [4.78, 5) is 0. The Morgan fingerprint density at radius 3 is 2.46 bits per heavy atom. The number of aliphatic hydroxyl groups excluding tert-OH is 1.